The molecule has 2 aromatic heterocycles. The molecule has 4 heterocycles. The molecule has 0 amide bonds. The van der Waals surface area contributed by atoms with Crippen LogP contribution in [0.4, 0.5) is 0 Å². The molecule has 2 aliphatic rings. The number of hydrogen-bond acceptors (Lipinski definition) is 3. The summed E-state index contributed by atoms with van der Waals surface area (Å²) in [7, 11) is 2.00. The number of para-hydroxylation sites is 2. The Balaban J connectivity index is 1.80. The zero-order chi connectivity index (χ0) is 19.4. The zero-order valence-electron chi connectivity index (χ0n) is 15.8. The first kappa shape index (κ1) is 16.1. The summed E-state index contributed by atoms with van der Waals surface area (Å²) in [4.78, 5) is 4.50. The van der Waals surface area contributed by atoms with Crippen LogP contribution in [0.5, 0.6) is 23.3 Å². The fourth-order valence-corrected chi connectivity index (χ4v) is 4.14. The largest absolute Gasteiger partial charge is 0.438 e. The molecule has 0 aliphatic carbocycles. The van der Waals surface area contributed by atoms with Crippen molar-refractivity contribution in [3.05, 3.63) is 107 Å². The maximum absolute atomic E-state index is 6.29. The van der Waals surface area contributed by atoms with E-state index in [0.29, 0.717) is 5.88 Å². The Bertz CT molecular complexity index is 1280. The quantitative estimate of drug-likeness (QED) is 0.345. The van der Waals surface area contributed by atoms with Crippen LogP contribution in [0, 0.1) is 0 Å². The van der Waals surface area contributed by atoms with Gasteiger partial charge in [-0.1, -0.05) is 36.4 Å². The van der Waals surface area contributed by atoms with Crippen molar-refractivity contribution >= 4 is 11.1 Å². The van der Waals surface area contributed by atoms with Gasteiger partial charge in [-0.3, -0.25) is 0 Å². The predicted octanol–water partition coefficient (Wildman–Crippen LogP) is 5.12. The number of nitrogens with zero attached hydrogens (tertiary/aromatic N) is 2. The Kier molecular flexibility index (Phi) is 3.35. The first-order chi connectivity index (χ1) is 14.3. The number of benzene rings is 2. The second kappa shape index (κ2) is 6.04. The van der Waals surface area contributed by atoms with E-state index in [4.69, 9.17) is 9.47 Å². The van der Waals surface area contributed by atoms with Gasteiger partial charge in [-0.2, -0.15) is 4.57 Å². The predicted molar refractivity (Wildman–Crippen MR) is 110 cm³/mol. The molecule has 4 heteroatoms. The van der Waals surface area contributed by atoms with Crippen molar-refractivity contribution in [2.75, 3.05) is 0 Å². The van der Waals surface area contributed by atoms with E-state index in [9.17, 15) is 0 Å². The molecule has 2 aliphatic heterocycles. The van der Waals surface area contributed by atoms with Crippen molar-refractivity contribution < 1.29 is 14.0 Å². The Hall–Kier alpha value is -3.92. The van der Waals surface area contributed by atoms with Crippen LogP contribution in [0.15, 0.2) is 85.2 Å². The molecular formula is C25H17N2O2+. The molecule has 4 nitrogen and oxygen atoms in total. The average Bonchev–Trinajstić information content (AvgIpc) is 2.77. The van der Waals surface area contributed by atoms with E-state index in [1.807, 2.05) is 66.3 Å². The summed E-state index contributed by atoms with van der Waals surface area (Å²) >= 11 is 0. The van der Waals surface area contributed by atoms with Gasteiger partial charge in [0, 0.05) is 40.1 Å². The van der Waals surface area contributed by atoms with Crippen LogP contribution < -0.4 is 14.0 Å². The molecule has 0 radical (unpaired) electrons. The number of fused-ring (bicyclic) bond motifs is 4. The van der Waals surface area contributed by atoms with Crippen LogP contribution in [0.25, 0.3) is 11.1 Å². The standard InChI is InChI=1S/C25H17N2O2/c1-27-15-7-11-19-23(17-9-3-5-13-21(17)29-25(19)27)22-16-8-2-4-12-20(16)28-24-18(22)10-6-14-26-24/h2-15H,1H3/q+1. The van der Waals surface area contributed by atoms with Gasteiger partial charge >= 0.3 is 5.88 Å². The summed E-state index contributed by atoms with van der Waals surface area (Å²) in [5.74, 6) is 3.10. The summed E-state index contributed by atoms with van der Waals surface area (Å²) in [6, 6.07) is 24.5. The van der Waals surface area contributed by atoms with Crippen LogP contribution in [0.1, 0.15) is 22.3 Å². The van der Waals surface area contributed by atoms with Crippen molar-refractivity contribution in [2.24, 2.45) is 7.05 Å². The molecule has 138 valence electrons. The van der Waals surface area contributed by atoms with Gasteiger partial charge in [0.1, 0.15) is 18.5 Å². The van der Waals surface area contributed by atoms with E-state index in [0.717, 1.165) is 50.8 Å². The lowest BCUT2D eigenvalue weighted by Crippen LogP contribution is -2.31. The summed E-state index contributed by atoms with van der Waals surface area (Å²) in [5, 5.41) is 0. The topological polar surface area (TPSA) is 35.2 Å². The van der Waals surface area contributed by atoms with Gasteiger partial charge in [-0.05, 0) is 30.3 Å². The van der Waals surface area contributed by atoms with Gasteiger partial charge in [-0.15, -0.1) is 0 Å². The van der Waals surface area contributed by atoms with Gasteiger partial charge in [0.25, 0.3) is 0 Å². The molecule has 6 rings (SSSR count). The molecule has 0 saturated carbocycles. The molecule has 2 aromatic carbocycles. The van der Waals surface area contributed by atoms with Crippen molar-refractivity contribution in [3.63, 3.8) is 0 Å². The minimum atomic E-state index is 0.625. The molecule has 0 spiro atoms. The fraction of sp³-hybridized carbons (Fsp3) is 0.0400. The summed E-state index contributed by atoms with van der Waals surface area (Å²) in [5.41, 5.74) is 6.39. The number of aryl methyl sites for hydroxylation is 1. The maximum atomic E-state index is 6.29. The van der Waals surface area contributed by atoms with E-state index in [2.05, 4.69) is 29.2 Å². The Morgan fingerprint density at radius 2 is 1.28 bits per heavy atom. The van der Waals surface area contributed by atoms with Crippen LogP contribution in [-0.2, 0) is 7.05 Å². The molecule has 0 N–H and O–H groups in total. The lowest BCUT2D eigenvalue weighted by molar-refractivity contribution is -0.676. The minimum absolute atomic E-state index is 0.625. The first-order valence-corrected chi connectivity index (χ1v) is 9.54. The van der Waals surface area contributed by atoms with Gasteiger partial charge in [-0.25, -0.2) is 4.98 Å². The second-order valence-corrected chi connectivity index (χ2v) is 7.14. The highest BCUT2D eigenvalue weighted by atomic mass is 16.5. The Labute approximate surface area is 168 Å². The lowest BCUT2D eigenvalue weighted by Gasteiger charge is -2.27. The third-order valence-electron chi connectivity index (χ3n) is 5.41. The maximum Gasteiger partial charge on any atom is 0.381 e. The Morgan fingerprint density at radius 1 is 0.655 bits per heavy atom. The van der Waals surface area contributed by atoms with E-state index in [-0.39, 0.29) is 0 Å². The number of rotatable bonds is 0. The SMILES string of the molecule is C[n+]1cccc2c1Oc1ccccc1C2=C1c2ccccc2Oc2ncccc21. The molecule has 0 fully saturated rings. The highest BCUT2D eigenvalue weighted by molar-refractivity contribution is 6.09. The molecule has 0 unspecified atom stereocenters. The van der Waals surface area contributed by atoms with Crippen molar-refractivity contribution in [3.8, 4) is 23.3 Å². The smallest absolute Gasteiger partial charge is 0.381 e. The lowest BCUT2D eigenvalue weighted by atomic mass is 9.84. The fourth-order valence-electron chi connectivity index (χ4n) is 4.14. The van der Waals surface area contributed by atoms with Crippen molar-refractivity contribution in [1.29, 1.82) is 0 Å². The number of hydrogen-bond donors (Lipinski definition) is 0. The van der Waals surface area contributed by atoms with Gasteiger partial charge in [0.05, 0.1) is 5.56 Å². The third kappa shape index (κ3) is 2.32. The number of aromatic nitrogens is 2. The normalized spacial score (nSPS) is 15.9. The molecule has 0 atom stereocenters. The summed E-state index contributed by atoms with van der Waals surface area (Å²) < 4.78 is 14.4. The van der Waals surface area contributed by atoms with E-state index in [1.54, 1.807) is 6.20 Å². The minimum Gasteiger partial charge on any atom is -0.438 e. The van der Waals surface area contributed by atoms with Crippen LogP contribution in [0.2, 0.25) is 0 Å². The third-order valence-corrected chi connectivity index (χ3v) is 5.41. The van der Waals surface area contributed by atoms with Gasteiger partial charge < -0.3 is 9.47 Å². The summed E-state index contributed by atoms with van der Waals surface area (Å²) in [6.07, 6.45) is 3.77. The molecule has 0 bridgehead atoms. The van der Waals surface area contributed by atoms with Crippen molar-refractivity contribution in [1.82, 2.24) is 4.98 Å². The Morgan fingerprint density at radius 3 is 2.07 bits per heavy atom. The van der Waals surface area contributed by atoms with Crippen LogP contribution >= 0.6 is 0 Å². The average molecular weight is 377 g/mol. The highest BCUT2D eigenvalue weighted by Crippen LogP contribution is 2.51. The summed E-state index contributed by atoms with van der Waals surface area (Å²) in [6.45, 7) is 0. The first-order valence-electron chi connectivity index (χ1n) is 9.54. The molecular weight excluding hydrogens is 360 g/mol. The van der Waals surface area contributed by atoms with E-state index < -0.39 is 0 Å². The zero-order valence-corrected chi connectivity index (χ0v) is 15.8. The van der Waals surface area contributed by atoms with Crippen LogP contribution in [0.3, 0.4) is 0 Å². The van der Waals surface area contributed by atoms with Gasteiger partial charge in [0.2, 0.25) is 5.88 Å². The van der Waals surface area contributed by atoms with E-state index >= 15 is 0 Å². The second-order valence-electron chi connectivity index (χ2n) is 7.14. The van der Waals surface area contributed by atoms with E-state index in [1.165, 1.54) is 0 Å². The highest BCUT2D eigenvalue weighted by Gasteiger charge is 2.34. The van der Waals surface area contributed by atoms with Gasteiger partial charge in [0.15, 0.2) is 6.20 Å². The number of ether oxygens (including phenoxy) is 2. The van der Waals surface area contributed by atoms with Crippen LogP contribution in [-0.4, -0.2) is 4.98 Å². The molecule has 4 aromatic rings. The molecule has 0 saturated heterocycles. The monoisotopic (exact) mass is 377 g/mol. The molecule has 29 heavy (non-hydrogen) atoms. The van der Waals surface area contributed by atoms with Crippen molar-refractivity contribution in [2.45, 2.75) is 0 Å². The number of pyridine rings is 2.